The van der Waals surface area contributed by atoms with Crippen LogP contribution >= 0.6 is 11.3 Å². The Balaban J connectivity index is 1.53. The molecule has 0 saturated heterocycles. The zero-order valence-corrected chi connectivity index (χ0v) is 18.3. The van der Waals surface area contributed by atoms with Crippen LogP contribution in [0.25, 0.3) is 10.6 Å². The van der Waals surface area contributed by atoms with E-state index in [1.807, 2.05) is 91.0 Å². The number of thiazole rings is 1. The van der Waals surface area contributed by atoms with Crippen LogP contribution in [-0.2, 0) is 16.1 Å². The topological polar surface area (TPSA) is 48.4 Å². The van der Waals surface area contributed by atoms with Crippen LogP contribution in [0.2, 0.25) is 0 Å². The second-order valence-electron chi connectivity index (χ2n) is 7.53. The van der Waals surface area contributed by atoms with Gasteiger partial charge in [-0.2, -0.15) is 0 Å². The first-order valence-electron chi connectivity index (χ1n) is 10.4. The van der Waals surface area contributed by atoms with Gasteiger partial charge in [0, 0.05) is 5.56 Å². The second kappa shape index (κ2) is 8.81. The van der Waals surface area contributed by atoms with E-state index in [0.717, 1.165) is 26.6 Å². The number of rotatable bonds is 5. The van der Waals surface area contributed by atoms with Crippen LogP contribution in [0.5, 0.6) is 5.88 Å². The molecular weight excluding hydrogens is 418 g/mol. The van der Waals surface area contributed by atoms with Gasteiger partial charge in [0.1, 0.15) is 17.4 Å². The summed E-state index contributed by atoms with van der Waals surface area (Å²) >= 11 is 1.55. The molecular formula is C27H21NO3S. The second-order valence-corrected chi connectivity index (χ2v) is 8.56. The van der Waals surface area contributed by atoms with Crippen LogP contribution in [0.1, 0.15) is 28.8 Å². The Labute approximate surface area is 190 Å². The Kier molecular flexibility index (Phi) is 5.57. The summed E-state index contributed by atoms with van der Waals surface area (Å²) in [5.41, 5.74) is 3.49. The van der Waals surface area contributed by atoms with Gasteiger partial charge in [-0.25, -0.2) is 9.78 Å². The fourth-order valence-corrected chi connectivity index (χ4v) is 4.98. The predicted octanol–water partition coefficient (Wildman–Crippen LogP) is 6.35. The van der Waals surface area contributed by atoms with E-state index in [-0.39, 0.29) is 18.5 Å². The molecule has 0 saturated carbocycles. The lowest BCUT2D eigenvalue weighted by molar-refractivity contribution is -0.140. The van der Waals surface area contributed by atoms with Gasteiger partial charge in [0.05, 0.1) is 16.4 Å². The molecule has 158 valence electrons. The largest absolute Gasteiger partial charge is 0.457 e. The smallest absolute Gasteiger partial charge is 0.338 e. The molecule has 1 aromatic heterocycles. The molecule has 1 aliphatic heterocycles. The van der Waals surface area contributed by atoms with Gasteiger partial charge in [-0.3, -0.25) is 0 Å². The summed E-state index contributed by atoms with van der Waals surface area (Å²) in [6.45, 7) is 2.02. The van der Waals surface area contributed by atoms with Crippen molar-refractivity contribution in [3.05, 3.63) is 118 Å². The number of carbonyl (C=O) groups is 1. The van der Waals surface area contributed by atoms with Crippen LogP contribution < -0.4 is 4.74 Å². The molecule has 0 fully saturated rings. The Bertz CT molecular complexity index is 1260. The summed E-state index contributed by atoms with van der Waals surface area (Å²) in [6.07, 6.45) is 0. The molecule has 1 aliphatic rings. The van der Waals surface area contributed by atoms with Crippen LogP contribution in [0.15, 0.2) is 102 Å². The molecule has 0 bridgehead atoms. The summed E-state index contributed by atoms with van der Waals surface area (Å²) in [7, 11) is 0. The fourth-order valence-electron chi connectivity index (χ4n) is 3.84. The van der Waals surface area contributed by atoms with E-state index in [1.165, 1.54) is 0 Å². The van der Waals surface area contributed by atoms with Crippen molar-refractivity contribution in [2.24, 2.45) is 0 Å². The molecule has 4 nitrogen and oxygen atoms in total. The standard InChI is InChI=1S/C27H21NO3S/c1-18-22(27(29)30-17-19-11-5-2-6-12-19)23(20-13-7-3-8-14-20)24-25(31-18)28-26(32-24)21-15-9-4-10-16-21/h2-16,23H,17H2,1H3. The van der Waals surface area contributed by atoms with Crippen LogP contribution in [-0.4, -0.2) is 11.0 Å². The van der Waals surface area contributed by atoms with Crippen molar-refractivity contribution in [2.75, 3.05) is 0 Å². The first kappa shape index (κ1) is 20.2. The van der Waals surface area contributed by atoms with Gasteiger partial charge in [-0.15, -0.1) is 11.3 Å². The third kappa shape index (κ3) is 3.95. The fraction of sp³-hybridized carbons (Fsp3) is 0.111. The van der Waals surface area contributed by atoms with Gasteiger partial charge >= 0.3 is 5.97 Å². The molecule has 2 heterocycles. The molecule has 5 heteroatoms. The molecule has 0 amide bonds. The average Bonchev–Trinajstić information content (AvgIpc) is 3.27. The lowest BCUT2D eigenvalue weighted by atomic mass is 9.87. The normalized spacial score (nSPS) is 15.1. The highest BCUT2D eigenvalue weighted by Crippen LogP contribution is 2.48. The molecule has 0 radical (unpaired) electrons. The van der Waals surface area contributed by atoms with E-state index in [2.05, 4.69) is 0 Å². The van der Waals surface area contributed by atoms with E-state index >= 15 is 0 Å². The van der Waals surface area contributed by atoms with E-state index in [9.17, 15) is 4.79 Å². The Morgan fingerprint density at radius 1 is 0.938 bits per heavy atom. The number of fused-ring (bicyclic) bond motifs is 1. The van der Waals surface area contributed by atoms with Gasteiger partial charge in [0.2, 0.25) is 5.88 Å². The summed E-state index contributed by atoms with van der Waals surface area (Å²) < 4.78 is 11.8. The number of ether oxygens (including phenoxy) is 2. The lowest BCUT2D eigenvalue weighted by Gasteiger charge is -2.25. The minimum atomic E-state index is -0.375. The van der Waals surface area contributed by atoms with Crippen LogP contribution in [0, 0.1) is 0 Å². The number of benzene rings is 3. The predicted molar refractivity (Wildman–Crippen MR) is 125 cm³/mol. The number of hydrogen-bond donors (Lipinski definition) is 0. The minimum absolute atomic E-state index is 0.211. The molecule has 0 N–H and O–H groups in total. The molecule has 0 spiro atoms. The SMILES string of the molecule is CC1=C(C(=O)OCc2ccccc2)C(c2ccccc2)c2sc(-c3ccccc3)nc2O1. The number of allylic oxidation sites excluding steroid dienone is 1. The number of carbonyl (C=O) groups excluding carboxylic acids is 1. The van der Waals surface area contributed by atoms with Crippen LogP contribution in [0.4, 0.5) is 0 Å². The van der Waals surface area contributed by atoms with Gasteiger partial charge in [-0.05, 0) is 18.1 Å². The molecule has 0 aliphatic carbocycles. The van der Waals surface area contributed by atoms with Crippen molar-refractivity contribution in [1.82, 2.24) is 4.98 Å². The number of aromatic nitrogens is 1. The maximum atomic E-state index is 13.3. The maximum Gasteiger partial charge on any atom is 0.338 e. The highest BCUT2D eigenvalue weighted by atomic mass is 32.1. The minimum Gasteiger partial charge on any atom is -0.457 e. The first-order valence-corrected chi connectivity index (χ1v) is 11.2. The summed E-state index contributed by atoms with van der Waals surface area (Å²) in [5, 5.41) is 0.864. The Morgan fingerprint density at radius 3 is 2.25 bits per heavy atom. The number of esters is 1. The van der Waals surface area contributed by atoms with Crippen molar-refractivity contribution >= 4 is 17.3 Å². The number of hydrogen-bond acceptors (Lipinski definition) is 5. The quantitative estimate of drug-likeness (QED) is 0.340. The molecule has 1 atom stereocenters. The highest BCUT2D eigenvalue weighted by Gasteiger charge is 2.37. The molecule has 32 heavy (non-hydrogen) atoms. The highest BCUT2D eigenvalue weighted by molar-refractivity contribution is 7.15. The molecule has 5 rings (SSSR count). The Hall–Kier alpha value is -3.70. The Morgan fingerprint density at radius 2 is 1.56 bits per heavy atom. The summed E-state index contributed by atoms with van der Waals surface area (Å²) in [6, 6.07) is 29.7. The zero-order chi connectivity index (χ0) is 21.9. The lowest BCUT2D eigenvalue weighted by Crippen LogP contribution is -2.22. The number of nitrogens with zero attached hydrogens (tertiary/aromatic N) is 1. The third-order valence-electron chi connectivity index (χ3n) is 5.39. The van der Waals surface area contributed by atoms with E-state index in [4.69, 9.17) is 14.5 Å². The van der Waals surface area contributed by atoms with Crippen molar-refractivity contribution in [1.29, 1.82) is 0 Å². The van der Waals surface area contributed by atoms with Crippen molar-refractivity contribution in [2.45, 2.75) is 19.4 Å². The summed E-state index contributed by atoms with van der Waals surface area (Å²) in [4.78, 5) is 18.9. The maximum absolute atomic E-state index is 13.3. The monoisotopic (exact) mass is 439 g/mol. The van der Waals surface area contributed by atoms with Crippen LogP contribution in [0.3, 0.4) is 0 Å². The first-order chi connectivity index (χ1) is 15.7. The van der Waals surface area contributed by atoms with E-state index in [1.54, 1.807) is 18.3 Å². The molecule has 3 aromatic carbocycles. The van der Waals surface area contributed by atoms with Crippen molar-refractivity contribution in [3.8, 4) is 16.5 Å². The van der Waals surface area contributed by atoms with Gasteiger partial charge in [0.15, 0.2) is 0 Å². The van der Waals surface area contributed by atoms with Gasteiger partial charge < -0.3 is 9.47 Å². The van der Waals surface area contributed by atoms with E-state index in [0.29, 0.717) is 17.2 Å². The van der Waals surface area contributed by atoms with Crippen molar-refractivity contribution in [3.63, 3.8) is 0 Å². The third-order valence-corrected chi connectivity index (χ3v) is 6.54. The average molecular weight is 440 g/mol. The van der Waals surface area contributed by atoms with Gasteiger partial charge in [-0.1, -0.05) is 91.0 Å². The van der Waals surface area contributed by atoms with E-state index < -0.39 is 0 Å². The molecule has 4 aromatic rings. The zero-order valence-electron chi connectivity index (χ0n) is 17.5. The van der Waals surface area contributed by atoms with Crippen molar-refractivity contribution < 1.29 is 14.3 Å². The molecule has 1 unspecified atom stereocenters. The summed E-state index contributed by atoms with van der Waals surface area (Å²) in [5.74, 6) is 0.410. The van der Waals surface area contributed by atoms with Gasteiger partial charge in [0.25, 0.3) is 0 Å².